The molecule has 0 saturated carbocycles. The molecular formula is C15H15NO3. The lowest BCUT2D eigenvalue weighted by Gasteiger charge is -2.15. The van der Waals surface area contributed by atoms with Crippen molar-refractivity contribution in [1.82, 2.24) is 4.90 Å². The highest BCUT2D eigenvalue weighted by Crippen LogP contribution is 2.18. The Morgan fingerprint density at radius 3 is 2.42 bits per heavy atom. The number of carboxylic acid groups (broad SMARTS) is 1. The number of hydrogen-bond acceptors (Lipinski definition) is 2. The van der Waals surface area contributed by atoms with Crippen LogP contribution < -0.4 is 0 Å². The highest BCUT2D eigenvalue weighted by Gasteiger charge is 2.16. The number of carboxylic acids is 1. The minimum Gasteiger partial charge on any atom is -0.474 e. The van der Waals surface area contributed by atoms with E-state index in [1.54, 1.807) is 0 Å². The number of amides is 1. The van der Waals surface area contributed by atoms with Gasteiger partial charge in [0.1, 0.15) is 0 Å². The van der Waals surface area contributed by atoms with Crippen molar-refractivity contribution in [3.63, 3.8) is 0 Å². The average Bonchev–Trinajstić information content (AvgIpc) is 2.37. The van der Waals surface area contributed by atoms with Crippen LogP contribution in [-0.4, -0.2) is 28.9 Å². The Balaban J connectivity index is 2.24. The number of carbonyl (C=O) groups is 2. The molecule has 0 aliphatic carbocycles. The molecule has 2 aromatic carbocycles. The number of likely N-dealkylation sites (N-methyl/N-ethyl adjacent to an activating group) is 1. The molecule has 2 rings (SSSR count). The summed E-state index contributed by atoms with van der Waals surface area (Å²) in [5.41, 5.74) is 2.10. The third-order valence-corrected chi connectivity index (χ3v) is 3.01. The summed E-state index contributed by atoms with van der Waals surface area (Å²) in [4.78, 5) is 23.1. The van der Waals surface area contributed by atoms with Gasteiger partial charge < -0.3 is 10.0 Å². The molecule has 0 aromatic heterocycles. The van der Waals surface area contributed by atoms with Crippen molar-refractivity contribution >= 4 is 22.6 Å². The van der Waals surface area contributed by atoms with Crippen molar-refractivity contribution in [2.24, 2.45) is 0 Å². The predicted octanol–water partition coefficient (Wildman–Crippen LogP) is 2.19. The molecule has 98 valence electrons. The van der Waals surface area contributed by atoms with E-state index in [1.165, 1.54) is 17.5 Å². The highest BCUT2D eigenvalue weighted by molar-refractivity contribution is 6.31. The van der Waals surface area contributed by atoms with Crippen molar-refractivity contribution in [2.75, 3.05) is 7.05 Å². The van der Waals surface area contributed by atoms with Gasteiger partial charge in [-0.05, 0) is 29.3 Å². The number of aryl methyl sites for hydroxylation is 1. The second-order valence-electron chi connectivity index (χ2n) is 4.65. The number of rotatable bonds is 2. The Hall–Kier alpha value is -2.36. The third kappa shape index (κ3) is 2.91. The van der Waals surface area contributed by atoms with E-state index in [1.807, 2.05) is 37.3 Å². The first-order chi connectivity index (χ1) is 8.97. The Bertz CT molecular complexity index is 649. The minimum absolute atomic E-state index is 0.287. The van der Waals surface area contributed by atoms with Gasteiger partial charge in [0.15, 0.2) is 0 Å². The molecule has 19 heavy (non-hydrogen) atoms. The normalized spacial score (nSPS) is 10.4. The summed E-state index contributed by atoms with van der Waals surface area (Å²) in [6.45, 7) is 2.32. The summed E-state index contributed by atoms with van der Waals surface area (Å²) in [7, 11) is 1.48. The maximum absolute atomic E-state index is 11.3. The van der Waals surface area contributed by atoms with E-state index >= 15 is 0 Å². The van der Waals surface area contributed by atoms with Crippen molar-refractivity contribution in [3.05, 3.63) is 47.5 Å². The Kier molecular flexibility index (Phi) is 3.51. The van der Waals surface area contributed by atoms with Crippen molar-refractivity contribution < 1.29 is 14.7 Å². The maximum atomic E-state index is 11.3. The second-order valence-corrected chi connectivity index (χ2v) is 4.65. The smallest absolute Gasteiger partial charge is 0.394 e. The molecule has 2 aromatic rings. The van der Waals surface area contributed by atoms with Crippen molar-refractivity contribution in [3.8, 4) is 0 Å². The average molecular weight is 257 g/mol. The number of hydrogen-bond donors (Lipinski definition) is 1. The summed E-state index contributed by atoms with van der Waals surface area (Å²) < 4.78 is 0. The molecule has 0 aliphatic heterocycles. The molecule has 0 saturated heterocycles. The van der Waals surface area contributed by atoms with Crippen LogP contribution in [0.3, 0.4) is 0 Å². The van der Waals surface area contributed by atoms with E-state index in [0.29, 0.717) is 0 Å². The molecule has 0 bridgehead atoms. The molecule has 1 N–H and O–H groups in total. The molecule has 0 heterocycles. The number of carbonyl (C=O) groups excluding carboxylic acids is 1. The second kappa shape index (κ2) is 5.10. The maximum Gasteiger partial charge on any atom is 0.394 e. The van der Waals surface area contributed by atoms with Gasteiger partial charge in [0, 0.05) is 13.6 Å². The van der Waals surface area contributed by atoms with E-state index in [0.717, 1.165) is 16.3 Å². The van der Waals surface area contributed by atoms with Gasteiger partial charge in [0.05, 0.1) is 0 Å². The summed E-state index contributed by atoms with van der Waals surface area (Å²) in [6.07, 6.45) is 0. The van der Waals surface area contributed by atoms with Crippen LogP contribution in [0.5, 0.6) is 0 Å². The van der Waals surface area contributed by atoms with E-state index in [-0.39, 0.29) is 6.54 Å². The minimum atomic E-state index is -1.43. The van der Waals surface area contributed by atoms with Crippen LogP contribution in [0, 0.1) is 6.92 Å². The Morgan fingerprint density at radius 1 is 1.11 bits per heavy atom. The molecule has 4 nitrogen and oxygen atoms in total. The van der Waals surface area contributed by atoms with Crippen molar-refractivity contribution in [1.29, 1.82) is 0 Å². The summed E-state index contributed by atoms with van der Waals surface area (Å²) >= 11 is 0. The number of benzene rings is 2. The van der Waals surface area contributed by atoms with Crippen LogP contribution in [0.4, 0.5) is 0 Å². The molecule has 0 spiro atoms. The summed E-state index contributed by atoms with van der Waals surface area (Å²) in [5, 5.41) is 10.9. The molecule has 0 atom stereocenters. The number of nitrogens with zero attached hydrogens (tertiary/aromatic N) is 1. The van der Waals surface area contributed by atoms with Crippen molar-refractivity contribution in [2.45, 2.75) is 13.5 Å². The summed E-state index contributed by atoms with van der Waals surface area (Å²) in [6, 6.07) is 12.0. The SMILES string of the molecule is Cc1ccc2cc(CN(C)C(=O)C(=O)O)ccc2c1. The zero-order valence-electron chi connectivity index (χ0n) is 10.9. The quantitative estimate of drug-likeness (QED) is 0.839. The van der Waals surface area contributed by atoms with Gasteiger partial charge in [-0.3, -0.25) is 4.79 Å². The van der Waals surface area contributed by atoms with Gasteiger partial charge in [-0.25, -0.2) is 4.79 Å². The molecule has 0 unspecified atom stereocenters. The lowest BCUT2D eigenvalue weighted by molar-refractivity contribution is -0.155. The number of aliphatic carboxylic acids is 1. The first-order valence-corrected chi connectivity index (χ1v) is 5.95. The molecule has 1 amide bonds. The van der Waals surface area contributed by atoms with Crippen LogP contribution in [0.1, 0.15) is 11.1 Å². The first-order valence-electron chi connectivity index (χ1n) is 5.95. The van der Waals surface area contributed by atoms with Crippen LogP contribution in [0.25, 0.3) is 10.8 Å². The standard InChI is InChI=1S/C15H15NO3/c1-10-3-5-13-8-11(4-6-12(13)7-10)9-16(2)14(17)15(18)19/h3-8H,9H2,1-2H3,(H,18,19). The topological polar surface area (TPSA) is 57.6 Å². The van der Waals surface area contributed by atoms with E-state index in [4.69, 9.17) is 5.11 Å². The van der Waals surface area contributed by atoms with E-state index < -0.39 is 11.9 Å². The van der Waals surface area contributed by atoms with Gasteiger partial charge in [-0.15, -0.1) is 0 Å². The van der Waals surface area contributed by atoms with E-state index in [2.05, 4.69) is 6.07 Å². The zero-order chi connectivity index (χ0) is 14.0. The largest absolute Gasteiger partial charge is 0.474 e. The van der Waals surface area contributed by atoms with Crippen LogP contribution >= 0.6 is 0 Å². The van der Waals surface area contributed by atoms with Crippen LogP contribution in [-0.2, 0) is 16.1 Å². The van der Waals surface area contributed by atoms with Crippen LogP contribution in [0.15, 0.2) is 36.4 Å². The first kappa shape index (κ1) is 13.1. The van der Waals surface area contributed by atoms with E-state index in [9.17, 15) is 9.59 Å². The molecular weight excluding hydrogens is 242 g/mol. The lowest BCUT2D eigenvalue weighted by Crippen LogP contribution is -2.32. The summed E-state index contributed by atoms with van der Waals surface area (Å²) in [5.74, 6) is -2.33. The third-order valence-electron chi connectivity index (χ3n) is 3.01. The molecule has 0 radical (unpaired) electrons. The van der Waals surface area contributed by atoms with Gasteiger partial charge in [-0.1, -0.05) is 35.9 Å². The molecule has 4 heteroatoms. The van der Waals surface area contributed by atoms with Gasteiger partial charge in [0.2, 0.25) is 0 Å². The van der Waals surface area contributed by atoms with Gasteiger partial charge in [0.25, 0.3) is 0 Å². The Labute approximate surface area is 111 Å². The van der Waals surface area contributed by atoms with Gasteiger partial charge >= 0.3 is 11.9 Å². The fraction of sp³-hybridized carbons (Fsp3) is 0.200. The monoisotopic (exact) mass is 257 g/mol. The van der Waals surface area contributed by atoms with Gasteiger partial charge in [-0.2, -0.15) is 0 Å². The highest BCUT2D eigenvalue weighted by atomic mass is 16.4. The molecule has 0 fully saturated rings. The Morgan fingerprint density at radius 2 is 1.74 bits per heavy atom. The van der Waals surface area contributed by atoms with Crippen LogP contribution in [0.2, 0.25) is 0 Å². The fourth-order valence-electron chi connectivity index (χ4n) is 2.02. The number of fused-ring (bicyclic) bond motifs is 1. The zero-order valence-corrected chi connectivity index (χ0v) is 10.9. The predicted molar refractivity (Wildman–Crippen MR) is 72.8 cm³/mol. The lowest BCUT2D eigenvalue weighted by atomic mass is 10.0. The fourth-order valence-corrected chi connectivity index (χ4v) is 2.02. The molecule has 0 aliphatic rings.